The lowest BCUT2D eigenvalue weighted by Crippen LogP contribution is -2.62. The van der Waals surface area contributed by atoms with Gasteiger partial charge in [0.15, 0.2) is 0 Å². The van der Waals surface area contributed by atoms with E-state index in [-0.39, 0.29) is 0 Å². The van der Waals surface area contributed by atoms with Gasteiger partial charge in [-0.15, -0.1) is 0 Å². The molecule has 1 aliphatic heterocycles. The number of unbranched alkanes of at least 4 members (excludes halogenated alkanes) is 52. The lowest BCUT2D eigenvalue weighted by Gasteiger charge is -2.46. The molecule has 0 saturated carbocycles. The highest BCUT2D eigenvalue weighted by Crippen LogP contribution is 2.34. The maximum absolute atomic E-state index is 8.72. The molecule has 0 unspecified atom stereocenters. The quantitative estimate of drug-likeness (QED) is 0.0283. The molecule has 0 spiro atoms. The molecule has 0 bridgehead atoms. The highest BCUT2D eigenvalue weighted by Gasteiger charge is 2.50. The van der Waals surface area contributed by atoms with Gasteiger partial charge in [0.25, 0.3) is 3.79 Å². The largest absolute Gasteiger partial charge is 0.445 e. The summed E-state index contributed by atoms with van der Waals surface area (Å²) in [6, 6.07) is 0. The van der Waals surface area contributed by atoms with Crippen LogP contribution in [-0.2, 0) is 28.4 Å². The molecule has 1 saturated heterocycles. The van der Waals surface area contributed by atoms with Crippen LogP contribution in [0.2, 0.25) is 0 Å². The van der Waals surface area contributed by atoms with Crippen molar-refractivity contribution in [1.29, 1.82) is 5.41 Å². The van der Waals surface area contributed by atoms with E-state index in [4.69, 9.17) is 68.6 Å². The van der Waals surface area contributed by atoms with Crippen LogP contribution in [0.1, 0.15) is 387 Å². The van der Waals surface area contributed by atoms with E-state index in [2.05, 4.69) is 27.7 Å². The first-order chi connectivity index (χ1) is 40.3. The molecule has 1 aliphatic rings. The molecule has 82 heavy (non-hydrogen) atoms. The Morgan fingerprint density at radius 3 is 0.780 bits per heavy atom. The highest BCUT2D eigenvalue weighted by atomic mass is 35.6. The lowest BCUT2D eigenvalue weighted by molar-refractivity contribution is -0.308. The molecule has 0 radical (unpaired) electrons. The zero-order valence-corrected chi connectivity index (χ0v) is 57.4. The maximum atomic E-state index is 8.72. The van der Waals surface area contributed by atoms with Crippen molar-refractivity contribution in [3.05, 3.63) is 0 Å². The third kappa shape index (κ3) is 51.1. The molecule has 1 N–H and O–H groups in total. The summed E-state index contributed by atoms with van der Waals surface area (Å²) in [5, 5.41) is 8.72. The molecular weight excluding hydrogens is 1080 g/mol. The SMILES string of the molecule is CCCCCCCCCCCCCCCCOC[C@H]1O[C@H](OC(=N)C(Cl)(Cl)Cl)[C@H](OCCCCCCCCCCCCCCCC)[C@@H](OCCCCCCCCCCCCCCCC)[C@H]1OCCCCCCCCCCCCCCCC. The highest BCUT2D eigenvalue weighted by molar-refractivity contribution is 6.76. The smallest absolute Gasteiger partial charge is 0.265 e. The van der Waals surface area contributed by atoms with Gasteiger partial charge in [0.1, 0.15) is 24.4 Å². The number of alkyl halides is 3. The normalized spacial score (nSPS) is 17.6. The number of ether oxygens (including phenoxy) is 6. The standard InChI is InChI=1S/C72H140Cl3NO6/c1-5-9-13-17-21-25-29-33-37-41-45-49-53-57-61-77-65-66-67(78-62-58-54-50-46-42-38-34-30-26-22-18-14-10-6-2)68(79-63-59-55-51-47-43-39-35-31-27-23-19-15-11-7-3)69(70(81-66)82-71(76)72(73,74)75)80-64-60-56-52-48-44-40-36-32-28-24-20-16-12-8-4/h66-70,76H,5-65H2,1-4H3/t66-,67+,68+,69-,70-/m1/s1. The van der Waals surface area contributed by atoms with Crippen molar-refractivity contribution >= 4 is 40.7 Å². The van der Waals surface area contributed by atoms with Crippen LogP contribution in [0.5, 0.6) is 0 Å². The minimum absolute atomic E-state index is 0.327. The topological polar surface area (TPSA) is 79.2 Å². The Hall–Kier alpha value is 0.140. The number of rotatable bonds is 66. The van der Waals surface area contributed by atoms with Gasteiger partial charge in [-0.2, -0.15) is 0 Å². The predicted molar refractivity (Wildman–Crippen MR) is 359 cm³/mol. The lowest BCUT2D eigenvalue weighted by atomic mass is 9.97. The fourth-order valence-electron chi connectivity index (χ4n) is 12.0. The third-order valence-electron chi connectivity index (χ3n) is 17.4. The number of hydrogen-bond acceptors (Lipinski definition) is 7. The molecular formula is C72H140Cl3NO6. The molecule has 1 fully saturated rings. The molecule has 7 nitrogen and oxygen atoms in total. The Morgan fingerprint density at radius 2 is 0.524 bits per heavy atom. The Morgan fingerprint density at radius 1 is 0.305 bits per heavy atom. The predicted octanol–water partition coefficient (Wildman–Crippen LogP) is 25.2. The minimum Gasteiger partial charge on any atom is -0.445 e. The van der Waals surface area contributed by atoms with E-state index in [1.165, 1.54) is 308 Å². The summed E-state index contributed by atoms with van der Waals surface area (Å²) in [5.74, 6) is -0.484. The number of hydrogen-bond donors (Lipinski definition) is 1. The van der Waals surface area contributed by atoms with E-state index in [0.29, 0.717) is 33.0 Å². The molecule has 0 aromatic carbocycles. The van der Waals surface area contributed by atoms with Gasteiger partial charge in [0, 0.05) is 26.4 Å². The summed E-state index contributed by atoms with van der Waals surface area (Å²) in [5.41, 5.74) is 0. The second kappa shape index (κ2) is 62.7. The van der Waals surface area contributed by atoms with Crippen molar-refractivity contribution in [2.45, 2.75) is 422 Å². The van der Waals surface area contributed by atoms with E-state index in [0.717, 1.165) is 51.4 Å². The fraction of sp³-hybridized carbons (Fsp3) is 0.986. The Balaban J connectivity index is 3.01. The van der Waals surface area contributed by atoms with Crippen molar-refractivity contribution in [1.82, 2.24) is 0 Å². The van der Waals surface area contributed by atoms with E-state index < -0.39 is 40.4 Å². The van der Waals surface area contributed by atoms with Crippen LogP contribution in [0.4, 0.5) is 0 Å². The average molecular weight is 1220 g/mol. The Kier molecular flexibility index (Phi) is 61.3. The first kappa shape index (κ1) is 80.2. The van der Waals surface area contributed by atoms with Gasteiger partial charge < -0.3 is 28.4 Å². The fourth-order valence-corrected chi connectivity index (χ4v) is 12.1. The third-order valence-corrected chi connectivity index (χ3v) is 17.9. The van der Waals surface area contributed by atoms with Gasteiger partial charge in [-0.3, -0.25) is 5.41 Å². The van der Waals surface area contributed by atoms with Gasteiger partial charge in [-0.25, -0.2) is 0 Å². The molecule has 0 aliphatic carbocycles. The summed E-state index contributed by atoms with van der Waals surface area (Å²) in [7, 11) is 0. The summed E-state index contributed by atoms with van der Waals surface area (Å²) in [4.78, 5) is 0. The second-order valence-corrected chi connectivity index (χ2v) is 27.7. The van der Waals surface area contributed by atoms with Crippen LogP contribution in [0.25, 0.3) is 0 Å². The first-order valence-electron chi connectivity index (χ1n) is 36.7. The van der Waals surface area contributed by atoms with E-state index in [9.17, 15) is 0 Å². The van der Waals surface area contributed by atoms with Crippen molar-refractivity contribution in [3.8, 4) is 0 Å². The van der Waals surface area contributed by atoms with Crippen LogP contribution in [-0.4, -0.2) is 73.4 Å². The van der Waals surface area contributed by atoms with Gasteiger partial charge in [-0.05, 0) is 25.7 Å². The summed E-state index contributed by atoms with van der Waals surface area (Å²) in [6.45, 7) is 11.9. The molecule has 1 rings (SSSR count). The Bertz CT molecular complexity index is 1280. The van der Waals surface area contributed by atoms with E-state index in [1.807, 2.05) is 0 Å². The molecule has 10 heteroatoms. The van der Waals surface area contributed by atoms with Crippen molar-refractivity contribution in [2.75, 3.05) is 33.0 Å². The van der Waals surface area contributed by atoms with Gasteiger partial charge in [0.2, 0.25) is 12.2 Å². The monoisotopic (exact) mass is 1220 g/mol. The van der Waals surface area contributed by atoms with E-state index in [1.54, 1.807) is 0 Å². The van der Waals surface area contributed by atoms with E-state index >= 15 is 0 Å². The molecule has 490 valence electrons. The Labute approximate surface area is 526 Å². The average Bonchev–Trinajstić information content (AvgIpc) is 3.65. The van der Waals surface area contributed by atoms with Crippen LogP contribution < -0.4 is 0 Å². The summed E-state index contributed by atoms with van der Waals surface area (Å²) in [6.07, 6.45) is 70.2. The molecule has 5 atom stereocenters. The van der Waals surface area contributed by atoms with Crippen molar-refractivity contribution < 1.29 is 28.4 Å². The van der Waals surface area contributed by atoms with Gasteiger partial charge in [-0.1, -0.05) is 396 Å². The zero-order valence-electron chi connectivity index (χ0n) is 55.1. The van der Waals surface area contributed by atoms with Crippen LogP contribution in [0, 0.1) is 5.41 Å². The second-order valence-electron chi connectivity index (χ2n) is 25.5. The van der Waals surface area contributed by atoms with Crippen molar-refractivity contribution in [3.63, 3.8) is 0 Å². The molecule has 0 aromatic heterocycles. The zero-order chi connectivity index (χ0) is 59.3. The number of nitrogens with one attached hydrogen (secondary N) is 1. The van der Waals surface area contributed by atoms with Gasteiger partial charge in [0.05, 0.1) is 6.61 Å². The van der Waals surface area contributed by atoms with Crippen LogP contribution >= 0.6 is 34.8 Å². The van der Waals surface area contributed by atoms with Crippen LogP contribution in [0.15, 0.2) is 0 Å². The molecule has 0 aromatic rings. The molecule has 1 heterocycles. The molecule has 0 amide bonds. The number of halogens is 3. The first-order valence-corrected chi connectivity index (χ1v) is 37.8. The summed E-state index contributed by atoms with van der Waals surface area (Å²) < 4.78 is 38.2. The van der Waals surface area contributed by atoms with Gasteiger partial charge >= 0.3 is 0 Å². The minimum atomic E-state index is -2.05. The van der Waals surface area contributed by atoms with Crippen LogP contribution in [0.3, 0.4) is 0 Å². The summed E-state index contributed by atoms with van der Waals surface area (Å²) >= 11 is 18.9. The maximum Gasteiger partial charge on any atom is 0.265 e. The van der Waals surface area contributed by atoms with Crippen molar-refractivity contribution in [2.24, 2.45) is 0 Å².